The van der Waals surface area contributed by atoms with Crippen molar-refractivity contribution in [3.8, 4) is 0 Å². The van der Waals surface area contributed by atoms with E-state index in [9.17, 15) is 19.2 Å². The maximum Gasteiger partial charge on any atom is 0.330 e. The fourth-order valence-corrected chi connectivity index (χ4v) is 3.71. The molecule has 3 aromatic rings. The van der Waals surface area contributed by atoms with Gasteiger partial charge in [0.05, 0.1) is 21.5 Å². The highest BCUT2D eigenvalue weighted by atomic mass is 35.5. The second-order valence-electron chi connectivity index (χ2n) is 8.22. The number of halogens is 1. The number of hydrazine groups is 1. The van der Waals surface area contributed by atoms with Crippen molar-refractivity contribution in [3.05, 3.63) is 73.0 Å². The third kappa shape index (κ3) is 4.29. The van der Waals surface area contributed by atoms with Crippen LogP contribution in [0.3, 0.4) is 0 Å². The van der Waals surface area contributed by atoms with Gasteiger partial charge in [0.1, 0.15) is 0 Å². The average molecular weight is 456 g/mol. The van der Waals surface area contributed by atoms with E-state index in [1.54, 1.807) is 24.3 Å². The molecule has 3 N–H and O–H groups in total. The van der Waals surface area contributed by atoms with Gasteiger partial charge in [0.2, 0.25) is 0 Å². The Labute approximate surface area is 187 Å². The van der Waals surface area contributed by atoms with Gasteiger partial charge in [0.25, 0.3) is 17.4 Å². The zero-order valence-electron chi connectivity index (χ0n) is 17.6. The van der Waals surface area contributed by atoms with Gasteiger partial charge < -0.3 is 0 Å². The lowest BCUT2D eigenvalue weighted by Gasteiger charge is -2.15. The molecule has 0 radical (unpaired) electrons. The van der Waals surface area contributed by atoms with E-state index in [1.807, 2.05) is 13.8 Å². The number of carbonyl (C=O) groups excluding carboxylic acids is 2. The Balaban J connectivity index is 1.75. The number of rotatable bonds is 5. The third-order valence-electron chi connectivity index (χ3n) is 5.16. The first kappa shape index (κ1) is 21.8. The quantitative estimate of drug-likeness (QED) is 0.509. The summed E-state index contributed by atoms with van der Waals surface area (Å²) in [6, 6.07) is 7.96. The molecule has 9 nitrogen and oxygen atoms in total. The lowest BCUT2D eigenvalue weighted by Crippen LogP contribution is -2.42. The summed E-state index contributed by atoms with van der Waals surface area (Å²) >= 11 is 6.03. The van der Waals surface area contributed by atoms with Gasteiger partial charge in [-0.25, -0.2) is 9.78 Å². The fraction of sp³-hybridized carbons (Fsp3) is 0.318. The predicted octanol–water partition coefficient (Wildman–Crippen LogP) is 2.35. The normalized spacial score (nSPS) is 13.4. The first-order chi connectivity index (χ1) is 15.3. The van der Waals surface area contributed by atoms with E-state index in [-0.39, 0.29) is 39.0 Å². The molecular formula is C22H22ClN5O4. The zero-order chi connectivity index (χ0) is 23.0. The number of nitrogens with zero attached hydrogens (tertiary/aromatic N) is 2. The molecule has 1 aliphatic rings. The molecule has 0 spiro atoms. The molecule has 32 heavy (non-hydrogen) atoms. The molecule has 4 rings (SSSR count). The molecule has 2 heterocycles. The van der Waals surface area contributed by atoms with Crippen molar-refractivity contribution in [2.75, 3.05) is 0 Å². The molecule has 2 aromatic heterocycles. The minimum absolute atomic E-state index is 0.000794. The number of fused-ring (bicyclic) bond motifs is 1. The van der Waals surface area contributed by atoms with Crippen LogP contribution in [0.4, 0.5) is 0 Å². The van der Waals surface area contributed by atoms with Gasteiger partial charge in [-0.3, -0.25) is 34.8 Å². The van der Waals surface area contributed by atoms with Gasteiger partial charge in [0.15, 0.2) is 5.65 Å². The van der Waals surface area contributed by atoms with Crippen molar-refractivity contribution < 1.29 is 9.59 Å². The predicted molar refractivity (Wildman–Crippen MR) is 120 cm³/mol. The summed E-state index contributed by atoms with van der Waals surface area (Å²) in [6.45, 7) is 4.20. The Morgan fingerprint density at radius 3 is 2.44 bits per heavy atom. The number of aromatic amines is 1. The van der Waals surface area contributed by atoms with Crippen LogP contribution in [-0.2, 0) is 6.54 Å². The molecule has 1 aliphatic carbocycles. The van der Waals surface area contributed by atoms with Gasteiger partial charge in [0, 0.05) is 18.2 Å². The Kier molecular flexibility index (Phi) is 5.84. The summed E-state index contributed by atoms with van der Waals surface area (Å²) in [4.78, 5) is 57.4. The number of pyridine rings is 1. The molecule has 1 saturated carbocycles. The van der Waals surface area contributed by atoms with Gasteiger partial charge >= 0.3 is 5.69 Å². The second kappa shape index (κ2) is 8.58. The molecular weight excluding hydrogens is 434 g/mol. The van der Waals surface area contributed by atoms with E-state index >= 15 is 0 Å². The Hall–Kier alpha value is -3.46. The van der Waals surface area contributed by atoms with Crippen molar-refractivity contribution in [2.45, 2.75) is 39.2 Å². The van der Waals surface area contributed by atoms with Gasteiger partial charge in [-0.15, -0.1) is 0 Å². The second-order valence-corrected chi connectivity index (χ2v) is 8.63. The number of carbonyl (C=O) groups is 2. The van der Waals surface area contributed by atoms with Crippen LogP contribution in [0.25, 0.3) is 11.0 Å². The molecule has 2 amide bonds. The standard InChI is InChI=1S/C22H22ClN5O4/c1-11(2)10-28-18-17(21(31)25-22(28)32)14(9-16(24-18)12-7-8-12)20(30)27-26-19(29)13-5-3-4-6-15(13)23/h3-6,9,11-12H,7-8,10H2,1-2H3,(H,26,29)(H,27,30)(H,25,31,32). The Morgan fingerprint density at radius 1 is 1.16 bits per heavy atom. The van der Waals surface area contributed by atoms with E-state index < -0.39 is 23.1 Å². The zero-order valence-corrected chi connectivity index (χ0v) is 18.3. The summed E-state index contributed by atoms with van der Waals surface area (Å²) in [5, 5.41) is 0.234. The van der Waals surface area contributed by atoms with Crippen LogP contribution in [0.5, 0.6) is 0 Å². The molecule has 0 saturated heterocycles. The molecule has 0 aliphatic heterocycles. The lowest BCUT2D eigenvalue weighted by atomic mass is 10.1. The van der Waals surface area contributed by atoms with Crippen molar-refractivity contribution in [1.82, 2.24) is 25.4 Å². The summed E-state index contributed by atoms with van der Waals surface area (Å²) in [6.07, 6.45) is 1.83. The van der Waals surface area contributed by atoms with Crippen LogP contribution in [0, 0.1) is 5.92 Å². The molecule has 10 heteroatoms. The summed E-state index contributed by atoms with van der Waals surface area (Å²) < 4.78 is 1.38. The maximum absolute atomic E-state index is 13.0. The summed E-state index contributed by atoms with van der Waals surface area (Å²) in [7, 11) is 0. The lowest BCUT2D eigenvalue weighted by molar-refractivity contribution is 0.0847. The van der Waals surface area contributed by atoms with Crippen LogP contribution in [0.2, 0.25) is 5.02 Å². The van der Waals surface area contributed by atoms with Gasteiger partial charge in [-0.05, 0) is 37.0 Å². The summed E-state index contributed by atoms with van der Waals surface area (Å²) in [5.74, 6) is -1.01. The van der Waals surface area contributed by atoms with Crippen molar-refractivity contribution in [3.63, 3.8) is 0 Å². The van der Waals surface area contributed by atoms with E-state index in [0.29, 0.717) is 12.2 Å². The van der Waals surface area contributed by atoms with Gasteiger partial charge in [-0.2, -0.15) is 0 Å². The smallest absolute Gasteiger partial charge is 0.277 e. The first-order valence-electron chi connectivity index (χ1n) is 10.3. The number of nitrogens with one attached hydrogen (secondary N) is 3. The topological polar surface area (TPSA) is 126 Å². The first-order valence-corrected chi connectivity index (χ1v) is 10.7. The molecule has 0 bridgehead atoms. The monoisotopic (exact) mass is 455 g/mol. The number of amides is 2. The average Bonchev–Trinajstić information content (AvgIpc) is 3.59. The Morgan fingerprint density at radius 2 is 1.81 bits per heavy atom. The number of aromatic nitrogens is 3. The highest BCUT2D eigenvalue weighted by Gasteiger charge is 2.29. The van der Waals surface area contributed by atoms with Crippen LogP contribution < -0.4 is 22.1 Å². The SMILES string of the molecule is CC(C)Cn1c(=O)[nH]c(=O)c2c(C(=O)NNC(=O)c3ccccc3Cl)cc(C3CC3)nc21. The molecule has 1 aromatic carbocycles. The molecule has 0 atom stereocenters. The number of H-pyrrole nitrogens is 1. The highest BCUT2D eigenvalue weighted by molar-refractivity contribution is 6.33. The van der Waals surface area contributed by atoms with E-state index in [4.69, 9.17) is 11.6 Å². The number of hydrogen-bond acceptors (Lipinski definition) is 5. The van der Waals surface area contributed by atoms with Crippen molar-refractivity contribution in [1.29, 1.82) is 0 Å². The van der Waals surface area contributed by atoms with E-state index in [1.165, 1.54) is 10.6 Å². The largest absolute Gasteiger partial charge is 0.330 e. The molecule has 166 valence electrons. The Bertz CT molecular complexity index is 1340. The van der Waals surface area contributed by atoms with Crippen molar-refractivity contribution in [2.24, 2.45) is 5.92 Å². The molecule has 1 fully saturated rings. The van der Waals surface area contributed by atoms with Crippen molar-refractivity contribution >= 4 is 34.4 Å². The highest BCUT2D eigenvalue weighted by Crippen LogP contribution is 2.39. The fourth-order valence-electron chi connectivity index (χ4n) is 3.49. The summed E-state index contributed by atoms with van der Waals surface area (Å²) in [5.41, 5.74) is 4.42. The van der Waals surface area contributed by atoms with Crippen LogP contribution in [0.1, 0.15) is 59.0 Å². The minimum Gasteiger partial charge on any atom is -0.277 e. The number of hydrogen-bond donors (Lipinski definition) is 3. The third-order valence-corrected chi connectivity index (χ3v) is 5.49. The van der Waals surface area contributed by atoms with E-state index in [2.05, 4.69) is 20.8 Å². The van der Waals surface area contributed by atoms with Gasteiger partial charge in [-0.1, -0.05) is 37.6 Å². The van der Waals surface area contributed by atoms with Crippen LogP contribution >= 0.6 is 11.6 Å². The number of benzene rings is 1. The van der Waals surface area contributed by atoms with Crippen LogP contribution in [-0.4, -0.2) is 26.3 Å². The van der Waals surface area contributed by atoms with E-state index in [0.717, 1.165) is 12.8 Å². The molecule has 0 unspecified atom stereocenters. The van der Waals surface area contributed by atoms with Crippen LogP contribution in [0.15, 0.2) is 39.9 Å². The minimum atomic E-state index is -0.706. The maximum atomic E-state index is 13.0.